The first kappa shape index (κ1) is 11.4. The zero-order valence-electron chi connectivity index (χ0n) is 8.09. The van der Waals surface area contributed by atoms with Crippen LogP contribution in [0.25, 0.3) is 0 Å². The van der Waals surface area contributed by atoms with Crippen LogP contribution in [0.4, 0.5) is 8.78 Å². The number of hydrogen-bond donors (Lipinski definition) is 1. The van der Waals surface area contributed by atoms with Crippen molar-refractivity contribution in [3.63, 3.8) is 0 Å². The van der Waals surface area contributed by atoms with Gasteiger partial charge in [0.25, 0.3) is 0 Å². The standard InChI is InChI=1S/C10H10F2O3/c1-6-4-7(11)8(12)5-9(6)15-3-2-10(13)14/h4-5H,2-3H2,1H3,(H,13,14). The van der Waals surface area contributed by atoms with Gasteiger partial charge in [-0.15, -0.1) is 0 Å². The summed E-state index contributed by atoms with van der Waals surface area (Å²) in [4.78, 5) is 10.2. The predicted molar refractivity (Wildman–Crippen MR) is 48.8 cm³/mol. The van der Waals surface area contributed by atoms with Crippen LogP contribution in [-0.2, 0) is 4.79 Å². The van der Waals surface area contributed by atoms with Crippen molar-refractivity contribution in [2.24, 2.45) is 0 Å². The smallest absolute Gasteiger partial charge is 0.306 e. The molecule has 15 heavy (non-hydrogen) atoms. The van der Waals surface area contributed by atoms with Crippen molar-refractivity contribution in [1.82, 2.24) is 0 Å². The van der Waals surface area contributed by atoms with Crippen molar-refractivity contribution >= 4 is 5.97 Å². The summed E-state index contributed by atoms with van der Waals surface area (Å²) in [5.41, 5.74) is 0.430. The van der Waals surface area contributed by atoms with Crippen LogP contribution in [0.1, 0.15) is 12.0 Å². The van der Waals surface area contributed by atoms with Crippen LogP contribution >= 0.6 is 0 Å². The maximum absolute atomic E-state index is 12.8. The van der Waals surface area contributed by atoms with Crippen LogP contribution in [0.3, 0.4) is 0 Å². The molecule has 0 atom stereocenters. The number of aryl methyl sites for hydroxylation is 1. The normalized spacial score (nSPS) is 10.1. The Labute approximate surface area is 85.3 Å². The summed E-state index contributed by atoms with van der Waals surface area (Å²) in [6, 6.07) is 1.91. The van der Waals surface area contributed by atoms with Crippen LogP contribution in [0.2, 0.25) is 0 Å². The molecule has 0 aliphatic heterocycles. The molecular formula is C10H10F2O3. The molecule has 0 aromatic heterocycles. The van der Waals surface area contributed by atoms with E-state index >= 15 is 0 Å². The molecule has 3 nitrogen and oxygen atoms in total. The molecule has 1 aromatic carbocycles. The van der Waals surface area contributed by atoms with E-state index < -0.39 is 17.6 Å². The van der Waals surface area contributed by atoms with Crippen LogP contribution in [-0.4, -0.2) is 17.7 Å². The van der Waals surface area contributed by atoms with E-state index in [0.29, 0.717) is 5.56 Å². The minimum absolute atomic E-state index is 0.0682. The van der Waals surface area contributed by atoms with E-state index in [1.165, 1.54) is 0 Å². The SMILES string of the molecule is Cc1cc(F)c(F)cc1OCCC(=O)O. The lowest BCUT2D eigenvalue weighted by Gasteiger charge is -2.08. The van der Waals surface area contributed by atoms with E-state index in [0.717, 1.165) is 12.1 Å². The summed E-state index contributed by atoms with van der Waals surface area (Å²) in [6.07, 6.45) is -0.182. The molecule has 0 bridgehead atoms. The van der Waals surface area contributed by atoms with Gasteiger partial charge in [-0.1, -0.05) is 0 Å². The van der Waals surface area contributed by atoms with E-state index in [1.807, 2.05) is 0 Å². The quantitative estimate of drug-likeness (QED) is 0.838. The molecule has 5 heteroatoms. The minimum Gasteiger partial charge on any atom is -0.493 e. The summed E-state index contributed by atoms with van der Waals surface area (Å²) in [6.45, 7) is 1.49. The van der Waals surface area contributed by atoms with Gasteiger partial charge in [0.1, 0.15) is 5.75 Å². The van der Waals surface area contributed by atoms with Crippen LogP contribution in [0.5, 0.6) is 5.75 Å². The first-order valence-corrected chi connectivity index (χ1v) is 4.31. The Bertz CT molecular complexity index is 377. The largest absolute Gasteiger partial charge is 0.493 e. The number of benzene rings is 1. The van der Waals surface area contributed by atoms with Gasteiger partial charge in [-0.25, -0.2) is 8.78 Å². The Kier molecular flexibility index (Phi) is 3.60. The minimum atomic E-state index is -1.01. The molecular weight excluding hydrogens is 206 g/mol. The highest BCUT2D eigenvalue weighted by atomic mass is 19.2. The van der Waals surface area contributed by atoms with Crippen molar-refractivity contribution < 1.29 is 23.4 Å². The first-order valence-electron chi connectivity index (χ1n) is 4.31. The molecule has 0 aliphatic carbocycles. The van der Waals surface area contributed by atoms with E-state index in [9.17, 15) is 13.6 Å². The molecule has 0 fully saturated rings. The summed E-state index contributed by atoms with van der Waals surface area (Å²) in [5, 5.41) is 8.35. The Hall–Kier alpha value is -1.65. The predicted octanol–water partition coefficient (Wildman–Crippen LogP) is 2.13. The van der Waals surface area contributed by atoms with E-state index in [1.54, 1.807) is 6.92 Å². The summed E-state index contributed by atoms with van der Waals surface area (Å²) >= 11 is 0. The third-order valence-electron chi connectivity index (χ3n) is 1.79. The molecule has 0 unspecified atom stereocenters. The highest BCUT2D eigenvalue weighted by Crippen LogP contribution is 2.21. The zero-order chi connectivity index (χ0) is 11.4. The van der Waals surface area contributed by atoms with Crippen molar-refractivity contribution in [2.45, 2.75) is 13.3 Å². The number of carboxylic acids is 1. The van der Waals surface area contributed by atoms with Crippen LogP contribution in [0, 0.1) is 18.6 Å². The Morgan fingerprint density at radius 1 is 1.40 bits per heavy atom. The summed E-state index contributed by atoms with van der Waals surface area (Å²) < 4.78 is 30.5. The van der Waals surface area contributed by atoms with Crippen molar-refractivity contribution in [3.05, 3.63) is 29.3 Å². The maximum atomic E-state index is 12.8. The van der Waals surface area contributed by atoms with Crippen molar-refractivity contribution in [3.8, 4) is 5.75 Å². The number of rotatable bonds is 4. The molecule has 1 rings (SSSR count). The second-order valence-corrected chi connectivity index (χ2v) is 3.02. The fraction of sp³-hybridized carbons (Fsp3) is 0.300. The van der Waals surface area contributed by atoms with Gasteiger partial charge in [0.15, 0.2) is 11.6 Å². The molecule has 0 saturated carbocycles. The van der Waals surface area contributed by atoms with Gasteiger partial charge in [0.05, 0.1) is 13.0 Å². The second kappa shape index (κ2) is 4.72. The highest BCUT2D eigenvalue weighted by molar-refractivity contribution is 5.66. The first-order chi connectivity index (χ1) is 7.00. The lowest BCUT2D eigenvalue weighted by atomic mass is 10.2. The monoisotopic (exact) mass is 216 g/mol. The number of hydrogen-bond acceptors (Lipinski definition) is 2. The number of ether oxygens (including phenoxy) is 1. The van der Waals surface area contributed by atoms with Gasteiger partial charge in [-0.05, 0) is 18.6 Å². The van der Waals surface area contributed by atoms with Gasteiger partial charge < -0.3 is 9.84 Å². The fourth-order valence-electron chi connectivity index (χ4n) is 1.03. The topological polar surface area (TPSA) is 46.5 Å². The average molecular weight is 216 g/mol. The van der Waals surface area contributed by atoms with E-state index in [4.69, 9.17) is 9.84 Å². The molecule has 0 heterocycles. The fourth-order valence-corrected chi connectivity index (χ4v) is 1.03. The van der Waals surface area contributed by atoms with E-state index in [2.05, 4.69) is 0 Å². The summed E-state index contributed by atoms with van der Waals surface area (Å²) in [5.74, 6) is -2.80. The van der Waals surface area contributed by atoms with Crippen molar-refractivity contribution in [2.75, 3.05) is 6.61 Å². The molecule has 0 amide bonds. The third-order valence-corrected chi connectivity index (χ3v) is 1.79. The Morgan fingerprint density at radius 3 is 2.60 bits per heavy atom. The maximum Gasteiger partial charge on any atom is 0.306 e. The second-order valence-electron chi connectivity index (χ2n) is 3.02. The summed E-state index contributed by atoms with van der Waals surface area (Å²) in [7, 11) is 0. The lowest BCUT2D eigenvalue weighted by Crippen LogP contribution is -2.06. The molecule has 0 spiro atoms. The molecule has 0 radical (unpaired) electrons. The molecule has 1 aromatic rings. The number of carboxylic acid groups (broad SMARTS) is 1. The molecule has 1 N–H and O–H groups in total. The molecule has 82 valence electrons. The lowest BCUT2D eigenvalue weighted by molar-refractivity contribution is -0.137. The average Bonchev–Trinajstić information content (AvgIpc) is 2.13. The van der Waals surface area contributed by atoms with Gasteiger partial charge in [-0.3, -0.25) is 4.79 Å². The molecule has 0 aliphatic rings. The Balaban J connectivity index is 2.69. The third kappa shape index (κ3) is 3.19. The van der Waals surface area contributed by atoms with Gasteiger partial charge in [0.2, 0.25) is 0 Å². The van der Waals surface area contributed by atoms with Gasteiger partial charge in [-0.2, -0.15) is 0 Å². The number of carbonyl (C=O) groups is 1. The van der Waals surface area contributed by atoms with Crippen molar-refractivity contribution in [1.29, 1.82) is 0 Å². The van der Waals surface area contributed by atoms with Crippen LogP contribution < -0.4 is 4.74 Å². The van der Waals surface area contributed by atoms with Gasteiger partial charge >= 0.3 is 5.97 Å². The molecule has 0 saturated heterocycles. The van der Waals surface area contributed by atoms with Crippen LogP contribution in [0.15, 0.2) is 12.1 Å². The number of aliphatic carboxylic acids is 1. The Morgan fingerprint density at radius 2 is 2.00 bits per heavy atom. The zero-order valence-corrected chi connectivity index (χ0v) is 8.09. The van der Waals surface area contributed by atoms with Gasteiger partial charge in [0, 0.05) is 6.07 Å². The highest BCUT2D eigenvalue weighted by Gasteiger charge is 2.08. The van der Waals surface area contributed by atoms with E-state index in [-0.39, 0.29) is 18.8 Å². The number of halogens is 2.